The Morgan fingerprint density at radius 2 is 1.88 bits per heavy atom. The third-order valence-corrected chi connectivity index (χ3v) is 5.06. The largest absolute Gasteiger partial charge is 0.481 e. The molecule has 2 atom stereocenters. The Kier molecular flexibility index (Phi) is 7.85. The number of carboxylic acid groups (broad SMARTS) is 1. The predicted octanol–water partition coefficient (Wildman–Crippen LogP) is 4.86. The zero-order valence-electron chi connectivity index (χ0n) is 14.0. The van der Waals surface area contributed by atoms with Crippen LogP contribution in [0.5, 0.6) is 0 Å². The second-order valence-corrected chi connectivity index (χ2v) is 8.03. The molecule has 1 aromatic rings. The van der Waals surface area contributed by atoms with Crippen molar-refractivity contribution in [2.45, 2.75) is 13.0 Å². The van der Waals surface area contributed by atoms with Gasteiger partial charge in [-0.05, 0) is 31.2 Å². The minimum absolute atomic E-state index is 0.532. The molecule has 0 amide bonds. The zero-order chi connectivity index (χ0) is 18.3. The summed E-state index contributed by atoms with van der Waals surface area (Å²) in [5, 5.41) is 18.3. The Balaban J connectivity index is 2.28. The highest BCUT2D eigenvalue weighted by atomic mass is 127. The Morgan fingerprint density at radius 3 is 2.44 bits per heavy atom. The van der Waals surface area contributed by atoms with Gasteiger partial charge in [0, 0.05) is 27.6 Å². The second-order valence-electron chi connectivity index (χ2n) is 5.88. The van der Waals surface area contributed by atoms with E-state index in [2.05, 4.69) is 60.3 Å². The van der Waals surface area contributed by atoms with Gasteiger partial charge >= 0.3 is 5.97 Å². The van der Waals surface area contributed by atoms with Gasteiger partial charge in [0.1, 0.15) is 11.5 Å². The number of carboxylic acids is 1. The maximum Gasteiger partial charge on any atom is 0.315 e. The Labute approximate surface area is 175 Å². The first-order valence-corrected chi connectivity index (χ1v) is 11.0. The van der Waals surface area contributed by atoms with Gasteiger partial charge in [-0.2, -0.15) is 10.2 Å². The van der Waals surface area contributed by atoms with Crippen LogP contribution < -0.4 is 0 Å². The van der Waals surface area contributed by atoms with Gasteiger partial charge in [0.25, 0.3) is 0 Å². The number of hydrogen-bond acceptors (Lipinski definition) is 4. The first-order valence-electron chi connectivity index (χ1n) is 7.98. The van der Waals surface area contributed by atoms with Crippen LogP contribution in [0.2, 0.25) is 0 Å². The molecule has 0 aliphatic heterocycles. The fourth-order valence-corrected chi connectivity index (χ4v) is 3.74. The number of nitrogens with zero attached hydrogens (tertiary/aromatic N) is 3. The van der Waals surface area contributed by atoms with E-state index >= 15 is 0 Å². The Bertz CT molecular complexity index is 670. The van der Waals surface area contributed by atoms with Crippen LogP contribution in [0, 0.1) is 5.41 Å². The highest BCUT2D eigenvalue weighted by molar-refractivity contribution is 14.1. The summed E-state index contributed by atoms with van der Waals surface area (Å²) in [7, 11) is 0. The second kappa shape index (κ2) is 9.65. The van der Waals surface area contributed by atoms with E-state index in [1.54, 1.807) is 6.92 Å². The van der Waals surface area contributed by atoms with Crippen LogP contribution in [0.4, 0.5) is 5.69 Å². The minimum atomic E-state index is -1.11. The van der Waals surface area contributed by atoms with Crippen LogP contribution in [0.3, 0.4) is 0 Å². The maximum atomic E-state index is 12.0. The van der Waals surface area contributed by atoms with Gasteiger partial charge in [-0.15, -0.1) is 0 Å². The van der Waals surface area contributed by atoms with Crippen molar-refractivity contribution < 1.29 is 9.90 Å². The molecule has 0 saturated carbocycles. The summed E-state index contributed by atoms with van der Waals surface area (Å²) < 4.78 is 1.97. The molecule has 1 N–H and O–H groups in total. The average Bonchev–Trinajstić information content (AvgIpc) is 2.61. The molecule has 1 aromatic carbocycles. The fraction of sp³-hybridized carbons (Fsp3) is 0.389. The third kappa shape index (κ3) is 5.25. The number of allylic oxidation sites excluding steroid dienone is 1. The molecular formula is C18H21I2N3O2. The number of azo groups is 1. The monoisotopic (exact) mass is 565 g/mol. The third-order valence-electron chi connectivity index (χ3n) is 4.10. The molecule has 0 saturated heterocycles. The fourth-order valence-electron chi connectivity index (χ4n) is 2.57. The van der Waals surface area contributed by atoms with Gasteiger partial charge in [0.05, 0.1) is 5.69 Å². The number of hydrogen-bond donors (Lipinski definition) is 1. The molecule has 134 valence electrons. The van der Waals surface area contributed by atoms with E-state index < -0.39 is 17.4 Å². The molecule has 0 bridgehead atoms. The zero-order valence-corrected chi connectivity index (χ0v) is 18.3. The number of alkyl halides is 2. The van der Waals surface area contributed by atoms with Crippen molar-refractivity contribution in [2.75, 3.05) is 21.9 Å². The summed E-state index contributed by atoms with van der Waals surface area (Å²) in [5.74, 6) is -0.893. The molecule has 0 radical (unpaired) electrons. The first kappa shape index (κ1) is 20.3. The smallest absolute Gasteiger partial charge is 0.315 e. The van der Waals surface area contributed by atoms with Crippen LogP contribution in [0.1, 0.15) is 6.92 Å². The highest BCUT2D eigenvalue weighted by Gasteiger charge is 2.41. The van der Waals surface area contributed by atoms with Crippen LogP contribution in [0.15, 0.2) is 64.5 Å². The van der Waals surface area contributed by atoms with E-state index in [1.165, 1.54) is 0 Å². The standard InChI is InChI=1S/C18H21I2N3O2/c1-18(17(24)25)13-15(23(11-9-19)12-10-20)7-8-16(18)22-21-14-5-3-2-4-6-14/h2-8,13,16H,9-12H2,1H3,(H,24,25). The van der Waals surface area contributed by atoms with Gasteiger partial charge in [-0.3, -0.25) is 4.79 Å². The number of halogens is 2. The van der Waals surface area contributed by atoms with E-state index in [0.29, 0.717) is 0 Å². The highest BCUT2D eigenvalue weighted by Crippen LogP contribution is 2.35. The summed E-state index contributed by atoms with van der Waals surface area (Å²) >= 11 is 4.68. The SMILES string of the molecule is CC1(C(=O)O)C=C(N(CCI)CCI)C=CC1N=Nc1ccccc1. The van der Waals surface area contributed by atoms with Crippen molar-refractivity contribution in [3.05, 3.63) is 54.3 Å². The van der Waals surface area contributed by atoms with E-state index in [1.807, 2.05) is 48.6 Å². The quantitative estimate of drug-likeness (QED) is 0.279. The van der Waals surface area contributed by atoms with E-state index in [4.69, 9.17) is 0 Å². The van der Waals surface area contributed by atoms with Crippen molar-refractivity contribution in [1.29, 1.82) is 0 Å². The number of benzene rings is 1. The van der Waals surface area contributed by atoms with Gasteiger partial charge in [0.2, 0.25) is 0 Å². The van der Waals surface area contributed by atoms with Gasteiger partial charge in [0.15, 0.2) is 0 Å². The molecular weight excluding hydrogens is 544 g/mol. The topological polar surface area (TPSA) is 65.3 Å². The van der Waals surface area contributed by atoms with Crippen molar-refractivity contribution >= 4 is 56.8 Å². The summed E-state index contributed by atoms with van der Waals surface area (Å²) in [6.07, 6.45) is 5.64. The Hall–Kier alpha value is -0.970. The van der Waals surface area contributed by atoms with Crippen LogP contribution in [-0.2, 0) is 4.79 Å². The first-order chi connectivity index (χ1) is 12.0. The summed E-state index contributed by atoms with van der Waals surface area (Å²) in [5.41, 5.74) is 0.552. The van der Waals surface area contributed by atoms with Crippen LogP contribution in [0.25, 0.3) is 0 Å². The van der Waals surface area contributed by atoms with Crippen LogP contribution >= 0.6 is 45.2 Å². The lowest BCUT2D eigenvalue weighted by Crippen LogP contribution is -2.40. The molecule has 0 aromatic heterocycles. The van der Waals surface area contributed by atoms with E-state index in [-0.39, 0.29) is 0 Å². The molecule has 25 heavy (non-hydrogen) atoms. The number of carbonyl (C=O) groups is 1. The molecule has 7 heteroatoms. The molecule has 2 rings (SSSR count). The summed E-state index contributed by atoms with van der Waals surface area (Å²) in [6, 6.07) is 8.83. The van der Waals surface area contributed by atoms with Crippen molar-refractivity contribution in [1.82, 2.24) is 4.90 Å². The molecule has 1 aliphatic carbocycles. The lowest BCUT2D eigenvalue weighted by Gasteiger charge is -2.33. The van der Waals surface area contributed by atoms with Crippen molar-refractivity contribution in [2.24, 2.45) is 15.6 Å². The predicted molar refractivity (Wildman–Crippen MR) is 117 cm³/mol. The molecule has 5 nitrogen and oxygen atoms in total. The van der Waals surface area contributed by atoms with Gasteiger partial charge in [-0.25, -0.2) is 0 Å². The summed E-state index contributed by atoms with van der Waals surface area (Å²) in [4.78, 5) is 14.2. The average molecular weight is 565 g/mol. The molecule has 0 heterocycles. The van der Waals surface area contributed by atoms with Crippen molar-refractivity contribution in [3.63, 3.8) is 0 Å². The Morgan fingerprint density at radius 1 is 1.24 bits per heavy atom. The van der Waals surface area contributed by atoms with E-state index in [0.717, 1.165) is 33.3 Å². The van der Waals surface area contributed by atoms with Crippen LogP contribution in [-0.4, -0.2) is 44.0 Å². The van der Waals surface area contributed by atoms with Gasteiger partial charge < -0.3 is 10.0 Å². The maximum absolute atomic E-state index is 12.0. The number of aliphatic carboxylic acids is 1. The molecule has 2 unspecified atom stereocenters. The molecule has 1 aliphatic rings. The lowest BCUT2D eigenvalue weighted by atomic mass is 9.78. The number of rotatable bonds is 8. The van der Waals surface area contributed by atoms with Gasteiger partial charge in [-0.1, -0.05) is 69.5 Å². The molecule has 0 fully saturated rings. The lowest BCUT2D eigenvalue weighted by molar-refractivity contribution is -0.145. The molecule has 0 spiro atoms. The van der Waals surface area contributed by atoms with Crippen molar-refractivity contribution in [3.8, 4) is 0 Å². The normalized spacial score (nSPS) is 22.8. The van der Waals surface area contributed by atoms with E-state index in [9.17, 15) is 9.90 Å². The summed E-state index contributed by atoms with van der Waals surface area (Å²) in [6.45, 7) is 3.50. The minimum Gasteiger partial charge on any atom is -0.481 e.